The predicted octanol–water partition coefficient (Wildman–Crippen LogP) is 3.92. The van der Waals surface area contributed by atoms with Gasteiger partial charge in [0.25, 0.3) is 10.0 Å². The van der Waals surface area contributed by atoms with Crippen molar-refractivity contribution in [1.82, 2.24) is 4.98 Å². The molecule has 0 unspecified atom stereocenters. The molecular weight excluding hydrogens is 364 g/mol. The average molecular weight is 376 g/mol. The Morgan fingerprint density at radius 1 is 1.20 bits per heavy atom. The lowest BCUT2D eigenvalue weighted by molar-refractivity contribution is 0.600. The molecule has 0 saturated carbocycles. The van der Waals surface area contributed by atoms with Crippen molar-refractivity contribution in [3.8, 4) is 0 Å². The Bertz CT molecular complexity index is 763. The Balaban J connectivity index is 2.43. The molecule has 0 aliphatic carbocycles. The van der Waals surface area contributed by atoms with Crippen molar-refractivity contribution in [2.45, 2.75) is 18.7 Å². The third kappa shape index (κ3) is 3.31. The van der Waals surface area contributed by atoms with E-state index in [1.54, 1.807) is 30.5 Å². The van der Waals surface area contributed by atoms with Gasteiger partial charge in [-0.25, -0.2) is 13.4 Å². The maximum Gasteiger partial charge on any atom is 0.263 e. The molecule has 1 aromatic carbocycles. The Labute approximate surface area is 131 Å². The normalized spacial score (nSPS) is 11.4. The summed E-state index contributed by atoms with van der Waals surface area (Å²) in [4.78, 5) is 4.07. The minimum absolute atomic E-state index is 0.113. The number of rotatable bonds is 3. The third-order valence-electron chi connectivity index (χ3n) is 2.60. The lowest BCUT2D eigenvalue weighted by atomic mass is 10.2. The van der Waals surface area contributed by atoms with Gasteiger partial charge in [-0.1, -0.05) is 17.7 Å². The summed E-state index contributed by atoms with van der Waals surface area (Å²) in [6.07, 6.45) is 1.57. The molecule has 0 saturated heterocycles. The molecule has 0 bridgehead atoms. The average Bonchev–Trinajstić information content (AvgIpc) is 2.33. The van der Waals surface area contributed by atoms with Crippen LogP contribution in [-0.4, -0.2) is 13.4 Å². The number of sulfonamides is 1. The van der Waals surface area contributed by atoms with Crippen LogP contribution in [0.4, 0.5) is 5.69 Å². The Morgan fingerprint density at radius 3 is 2.55 bits per heavy atom. The van der Waals surface area contributed by atoms with Gasteiger partial charge in [0.05, 0.1) is 5.69 Å². The highest BCUT2D eigenvalue weighted by atomic mass is 79.9. The first-order valence-electron chi connectivity index (χ1n) is 5.71. The topological polar surface area (TPSA) is 59.1 Å². The van der Waals surface area contributed by atoms with Crippen LogP contribution in [0.25, 0.3) is 0 Å². The summed E-state index contributed by atoms with van der Waals surface area (Å²) >= 11 is 9.17. The molecule has 0 aliphatic heterocycles. The molecule has 20 heavy (non-hydrogen) atoms. The minimum Gasteiger partial charge on any atom is -0.276 e. The second-order valence-corrected chi connectivity index (χ2v) is 7.25. The molecule has 0 radical (unpaired) electrons. The molecule has 0 aliphatic rings. The van der Waals surface area contributed by atoms with E-state index < -0.39 is 10.0 Å². The molecule has 0 amide bonds. The first-order chi connectivity index (χ1) is 9.29. The van der Waals surface area contributed by atoms with E-state index in [-0.39, 0.29) is 15.7 Å². The van der Waals surface area contributed by atoms with Crippen LogP contribution in [-0.2, 0) is 10.0 Å². The number of hydrogen-bond acceptors (Lipinski definition) is 3. The van der Waals surface area contributed by atoms with Crippen LogP contribution in [0.2, 0.25) is 5.15 Å². The Morgan fingerprint density at radius 2 is 1.90 bits per heavy atom. The Hall–Kier alpha value is -1.11. The van der Waals surface area contributed by atoms with Gasteiger partial charge in [0, 0.05) is 10.7 Å². The van der Waals surface area contributed by atoms with Gasteiger partial charge in [-0.05, 0) is 59.1 Å². The number of hydrogen-bond donors (Lipinski definition) is 1. The molecule has 0 fully saturated rings. The van der Waals surface area contributed by atoms with E-state index in [4.69, 9.17) is 11.6 Å². The highest BCUT2D eigenvalue weighted by molar-refractivity contribution is 9.10. The number of nitrogens with zero attached hydrogens (tertiary/aromatic N) is 1. The summed E-state index contributed by atoms with van der Waals surface area (Å²) < 4.78 is 27.7. The van der Waals surface area contributed by atoms with Gasteiger partial charge in [0.2, 0.25) is 0 Å². The number of aryl methyl sites for hydroxylation is 2. The monoisotopic (exact) mass is 374 g/mol. The molecule has 2 rings (SSSR count). The van der Waals surface area contributed by atoms with Gasteiger partial charge in [0.15, 0.2) is 5.15 Å². The zero-order valence-electron chi connectivity index (χ0n) is 10.8. The quantitative estimate of drug-likeness (QED) is 0.827. The van der Waals surface area contributed by atoms with E-state index in [1.165, 1.54) is 0 Å². The fraction of sp³-hybridized carbons (Fsp3) is 0.154. The Kier molecular flexibility index (Phi) is 4.36. The standard InChI is InChI=1S/C13H12BrClN2O2S/c1-8-3-4-12(10(14)5-8)20(18,19)17-11-6-9(2)7-16-13(11)15/h3-7,17H,1-2H3. The number of pyridine rings is 1. The second-order valence-electron chi connectivity index (χ2n) is 4.39. The SMILES string of the molecule is Cc1ccc(S(=O)(=O)Nc2cc(C)cnc2Cl)c(Br)c1. The van der Waals surface area contributed by atoms with E-state index in [9.17, 15) is 8.42 Å². The molecule has 7 heteroatoms. The molecule has 0 atom stereocenters. The van der Waals surface area contributed by atoms with Crippen LogP contribution >= 0.6 is 27.5 Å². The smallest absolute Gasteiger partial charge is 0.263 e. The molecule has 1 N–H and O–H groups in total. The van der Waals surface area contributed by atoms with Crippen molar-refractivity contribution in [2.75, 3.05) is 4.72 Å². The first-order valence-corrected chi connectivity index (χ1v) is 8.36. The molecule has 0 spiro atoms. The lowest BCUT2D eigenvalue weighted by Gasteiger charge is -2.11. The summed E-state index contributed by atoms with van der Waals surface area (Å²) in [6, 6.07) is 6.65. The molecule has 1 aromatic heterocycles. The zero-order valence-corrected chi connectivity index (χ0v) is 14.0. The minimum atomic E-state index is -3.72. The maximum atomic E-state index is 12.4. The van der Waals surface area contributed by atoms with E-state index in [0.29, 0.717) is 4.47 Å². The van der Waals surface area contributed by atoms with Crippen LogP contribution in [0.5, 0.6) is 0 Å². The van der Waals surface area contributed by atoms with Gasteiger partial charge < -0.3 is 0 Å². The summed E-state index contributed by atoms with van der Waals surface area (Å²) in [6.45, 7) is 3.69. The van der Waals surface area contributed by atoms with E-state index >= 15 is 0 Å². The summed E-state index contributed by atoms with van der Waals surface area (Å²) in [5.41, 5.74) is 2.04. The molecular formula is C13H12BrClN2O2S. The van der Waals surface area contributed by atoms with Gasteiger partial charge in [-0.3, -0.25) is 4.72 Å². The van der Waals surface area contributed by atoms with Crippen LogP contribution in [0.3, 0.4) is 0 Å². The fourth-order valence-electron chi connectivity index (χ4n) is 1.65. The van der Waals surface area contributed by atoms with Gasteiger partial charge in [-0.15, -0.1) is 0 Å². The van der Waals surface area contributed by atoms with Crippen molar-refractivity contribution in [2.24, 2.45) is 0 Å². The number of anilines is 1. The molecule has 1 heterocycles. The number of benzene rings is 1. The van der Waals surface area contributed by atoms with Gasteiger partial charge >= 0.3 is 0 Å². The van der Waals surface area contributed by atoms with E-state index in [2.05, 4.69) is 25.6 Å². The van der Waals surface area contributed by atoms with E-state index in [1.807, 2.05) is 13.8 Å². The van der Waals surface area contributed by atoms with Crippen LogP contribution < -0.4 is 4.72 Å². The van der Waals surface area contributed by atoms with Crippen LogP contribution in [0, 0.1) is 13.8 Å². The maximum absolute atomic E-state index is 12.4. The van der Waals surface area contributed by atoms with Crippen molar-refractivity contribution < 1.29 is 8.42 Å². The second kappa shape index (κ2) is 5.71. The molecule has 4 nitrogen and oxygen atoms in total. The summed E-state index contributed by atoms with van der Waals surface area (Å²) in [5.74, 6) is 0. The van der Waals surface area contributed by atoms with Crippen molar-refractivity contribution in [1.29, 1.82) is 0 Å². The van der Waals surface area contributed by atoms with Crippen LogP contribution in [0.1, 0.15) is 11.1 Å². The fourth-order valence-corrected chi connectivity index (χ4v) is 4.10. The highest BCUT2D eigenvalue weighted by Crippen LogP contribution is 2.27. The van der Waals surface area contributed by atoms with Crippen molar-refractivity contribution in [3.05, 3.63) is 51.2 Å². The van der Waals surface area contributed by atoms with E-state index in [0.717, 1.165) is 11.1 Å². The molecule has 2 aromatic rings. The predicted molar refractivity (Wildman–Crippen MR) is 83.7 cm³/mol. The third-order valence-corrected chi connectivity index (χ3v) is 5.24. The number of aromatic nitrogens is 1. The van der Waals surface area contributed by atoms with Crippen molar-refractivity contribution in [3.63, 3.8) is 0 Å². The number of nitrogens with one attached hydrogen (secondary N) is 1. The van der Waals surface area contributed by atoms with Gasteiger partial charge in [-0.2, -0.15) is 0 Å². The zero-order chi connectivity index (χ0) is 14.9. The van der Waals surface area contributed by atoms with Crippen LogP contribution in [0.15, 0.2) is 39.8 Å². The largest absolute Gasteiger partial charge is 0.276 e. The summed E-state index contributed by atoms with van der Waals surface area (Å²) in [5, 5.41) is 0.113. The highest BCUT2D eigenvalue weighted by Gasteiger charge is 2.19. The summed E-state index contributed by atoms with van der Waals surface area (Å²) in [7, 11) is -3.72. The lowest BCUT2D eigenvalue weighted by Crippen LogP contribution is -2.14. The van der Waals surface area contributed by atoms with Gasteiger partial charge in [0.1, 0.15) is 4.90 Å². The molecule has 106 valence electrons. The first kappa shape index (κ1) is 15.3. The number of halogens is 2. The van der Waals surface area contributed by atoms with Crippen molar-refractivity contribution >= 4 is 43.2 Å².